The van der Waals surface area contributed by atoms with E-state index in [-0.39, 0.29) is 12.1 Å². The van der Waals surface area contributed by atoms with Gasteiger partial charge in [-0.3, -0.25) is 0 Å². The number of nitrogens with two attached hydrogens (primary N) is 1. The van der Waals surface area contributed by atoms with E-state index in [0.29, 0.717) is 18.7 Å². The highest BCUT2D eigenvalue weighted by molar-refractivity contribution is 5.89. The van der Waals surface area contributed by atoms with Gasteiger partial charge in [0.1, 0.15) is 6.17 Å². The number of nitrogens with zero attached hydrogens (tertiary/aromatic N) is 2. The van der Waals surface area contributed by atoms with Crippen molar-refractivity contribution in [2.24, 2.45) is 5.73 Å². The molecule has 5 heteroatoms. The lowest BCUT2D eigenvalue weighted by atomic mass is 10.2. The summed E-state index contributed by atoms with van der Waals surface area (Å²) in [6.07, 6.45) is -0.263. The van der Waals surface area contributed by atoms with Crippen LogP contribution in [0.2, 0.25) is 0 Å². The summed E-state index contributed by atoms with van der Waals surface area (Å²) in [5.41, 5.74) is 6.44. The summed E-state index contributed by atoms with van der Waals surface area (Å²) >= 11 is 0. The zero-order valence-corrected chi connectivity index (χ0v) is 9.87. The fraction of sp³-hybridized carbons (Fsp3) is 0.417. The van der Waals surface area contributed by atoms with E-state index in [0.717, 1.165) is 6.54 Å². The summed E-state index contributed by atoms with van der Waals surface area (Å²) in [6, 6.07) is 8.92. The second-order valence-electron chi connectivity index (χ2n) is 4.22. The van der Waals surface area contributed by atoms with Gasteiger partial charge in [-0.1, -0.05) is 18.2 Å². The topological polar surface area (TPSA) is 58.8 Å². The summed E-state index contributed by atoms with van der Waals surface area (Å²) in [6.45, 7) is 2.17. The average Bonchev–Trinajstić information content (AvgIpc) is 2.34. The lowest BCUT2D eigenvalue weighted by Crippen LogP contribution is -2.56. The molecule has 0 amide bonds. The van der Waals surface area contributed by atoms with E-state index in [4.69, 9.17) is 10.6 Å². The fourth-order valence-corrected chi connectivity index (χ4v) is 1.78. The third kappa shape index (κ3) is 3.03. The zero-order chi connectivity index (χ0) is 12.3. The molecule has 0 radical (unpaired) electrons. The molecule has 0 spiro atoms. The first kappa shape index (κ1) is 12.0. The van der Waals surface area contributed by atoms with Crippen molar-refractivity contribution in [3.63, 3.8) is 0 Å². The van der Waals surface area contributed by atoms with Gasteiger partial charge in [-0.25, -0.2) is 4.79 Å². The van der Waals surface area contributed by atoms with E-state index in [2.05, 4.69) is 4.90 Å². The number of benzene rings is 1. The number of hydroxylamine groups is 2. The minimum atomic E-state index is -0.356. The number of carbonyl (C=O) groups excluding carboxylic acids is 1. The number of rotatable bonds is 2. The summed E-state index contributed by atoms with van der Waals surface area (Å²) in [7, 11) is 2.00. The van der Waals surface area contributed by atoms with E-state index in [1.807, 2.05) is 13.1 Å². The molecule has 17 heavy (non-hydrogen) atoms. The standard InChI is InChI=1S/C12H17N3O2/c1-14-7-8-15(11(13)9-14)17-12(16)10-5-3-2-4-6-10/h2-6,11H,7-9,13H2,1H3. The Morgan fingerprint density at radius 1 is 1.35 bits per heavy atom. The molecular weight excluding hydrogens is 218 g/mol. The minimum absolute atomic E-state index is 0.263. The van der Waals surface area contributed by atoms with Crippen LogP contribution in [-0.4, -0.2) is 48.8 Å². The van der Waals surface area contributed by atoms with Gasteiger partial charge in [-0.15, -0.1) is 5.06 Å². The van der Waals surface area contributed by atoms with Gasteiger partial charge >= 0.3 is 5.97 Å². The molecular formula is C12H17N3O2. The van der Waals surface area contributed by atoms with Crippen molar-refractivity contribution in [1.29, 1.82) is 0 Å². The van der Waals surface area contributed by atoms with Gasteiger partial charge in [0.15, 0.2) is 0 Å². The summed E-state index contributed by atoms with van der Waals surface area (Å²) < 4.78 is 0. The number of hydrogen-bond donors (Lipinski definition) is 1. The maximum atomic E-state index is 11.8. The maximum Gasteiger partial charge on any atom is 0.357 e. The molecule has 0 aromatic heterocycles. The van der Waals surface area contributed by atoms with Crippen molar-refractivity contribution in [2.75, 3.05) is 26.7 Å². The fourth-order valence-electron chi connectivity index (χ4n) is 1.78. The van der Waals surface area contributed by atoms with Crippen LogP contribution >= 0.6 is 0 Å². The second kappa shape index (κ2) is 5.27. The zero-order valence-electron chi connectivity index (χ0n) is 9.87. The summed E-state index contributed by atoms with van der Waals surface area (Å²) in [4.78, 5) is 19.2. The Hall–Kier alpha value is -1.43. The van der Waals surface area contributed by atoms with Gasteiger partial charge in [0, 0.05) is 19.6 Å². The first-order chi connectivity index (χ1) is 8.16. The molecule has 1 atom stereocenters. The van der Waals surface area contributed by atoms with Crippen LogP contribution < -0.4 is 5.73 Å². The Kier molecular flexibility index (Phi) is 3.73. The van der Waals surface area contributed by atoms with Gasteiger partial charge in [0.25, 0.3) is 0 Å². The van der Waals surface area contributed by atoms with Crippen LogP contribution in [0.15, 0.2) is 30.3 Å². The number of hydrogen-bond acceptors (Lipinski definition) is 5. The molecule has 1 unspecified atom stereocenters. The van der Waals surface area contributed by atoms with Gasteiger partial charge in [-0.05, 0) is 19.2 Å². The molecule has 1 fully saturated rings. The molecule has 0 aliphatic carbocycles. The van der Waals surface area contributed by atoms with Crippen molar-refractivity contribution in [2.45, 2.75) is 6.17 Å². The summed E-state index contributed by atoms with van der Waals surface area (Å²) in [5, 5.41) is 1.55. The smallest absolute Gasteiger partial charge is 0.357 e. The Morgan fingerprint density at radius 3 is 2.71 bits per heavy atom. The Bertz CT molecular complexity index is 383. The van der Waals surface area contributed by atoms with Crippen LogP contribution in [0.5, 0.6) is 0 Å². The highest BCUT2D eigenvalue weighted by Crippen LogP contribution is 2.08. The Labute approximate surface area is 101 Å². The molecule has 5 nitrogen and oxygen atoms in total. The maximum absolute atomic E-state index is 11.8. The van der Waals surface area contributed by atoms with E-state index < -0.39 is 0 Å². The molecule has 0 saturated carbocycles. The highest BCUT2D eigenvalue weighted by atomic mass is 16.7. The van der Waals surface area contributed by atoms with Crippen molar-refractivity contribution in [3.8, 4) is 0 Å². The third-order valence-corrected chi connectivity index (χ3v) is 2.78. The third-order valence-electron chi connectivity index (χ3n) is 2.78. The molecule has 1 aromatic rings. The van der Waals surface area contributed by atoms with Crippen molar-refractivity contribution in [1.82, 2.24) is 9.96 Å². The average molecular weight is 235 g/mol. The first-order valence-electron chi connectivity index (χ1n) is 5.65. The first-order valence-corrected chi connectivity index (χ1v) is 5.65. The molecule has 1 aliphatic heterocycles. The summed E-state index contributed by atoms with van der Waals surface area (Å²) in [5.74, 6) is -0.356. The van der Waals surface area contributed by atoms with Crippen LogP contribution in [0.25, 0.3) is 0 Å². The minimum Gasteiger partial charge on any atom is -0.362 e. The van der Waals surface area contributed by atoms with E-state index in [1.165, 1.54) is 0 Å². The van der Waals surface area contributed by atoms with Crippen LogP contribution in [0, 0.1) is 0 Å². The number of carbonyl (C=O) groups is 1. The van der Waals surface area contributed by atoms with Crippen molar-refractivity contribution in [3.05, 3.63) is 35.9 Å². The van der Waals surface area contributed by atoms with Crippen molar-refractivity contribution >= 4 is 5.97 Å². The number of piperazine rings is 1. The highest BCUT2D eigenvalue weighted by Gasteiger charge is 2.25. The predicted octanol–water partition coefficient (Wildman–Crippen LogP) is 0.291. The van der Waals surface area contributed by atoms with Crippen LogP contribution in [-0.2, 0) is 4.84 Å². The molecule has 92 valence electrons. The normalized spacial score (nSPS) is 22.4. The number of likely N-dealkylation sites (N-methyl/N-ethyl adjacent to an activating group) is 1. The van der Waals surface area contributed by atoms with Gasteiger partial charge in [-0.2, -0.15) is 0 Å². The Balaban J connectivity index is 1.95. The predicted molar refractivity (Wildman–Crippen MR) is 64.0 cm³/mol. The van der Waals surface area contributed by atoms with Crippen LogP contribution in [0.4, 0.5) is 0 Å². The van der Waals surface area contributed by atoms with Gasteiger partial charge < -0.3 is 15.5 Å². The lowest BCUT2D eigenvalue weighted by molar-refractivity contribution is -0.158. The second-order valence-corrected chi connectivity index (χ2v) is 4.22. The van der Waals surface area contributed by atoms with E-state index >= 15 is 0 Å². The van der Waals surface area contributed by atoms with Gasteiger partial charge in [0.05, 0.1) is 5.56 Å². The van der Waals surface area contributed by atoms with E-state index in [9.17, 15) is 4.79 Å². The molecule has 1 aromatic carbocycles. The Morgan fingerprint density at radius 2 is 2.06 bits per heavy atom. The molecule has 2 rings (SSSR count). The van der Waals surface area contributed by atoms with Gasteiger partial charge in [0.2, 0.25) is 0 Å². The molecule has 2 N–H and O–H groups in total. The largest absolute Gasteiger partial charge is 0.362 e. The quantitative estimate of drug-likeness (QED) is 0.798. The van der Waals surface area contributed by atoms with Crippen LogP contribution in [0.3, 0.4) is 0 Å². The van der Waals surface area contributed by atoms with E-state index in [1.54, 1.807) is 29.3 Å². The van der Waals surface area contributed by atoms with Crippen LogP contribution in [0.1, 0.15) is 10.4 Å². The van der Waals surface area contributed by atoms with Crippen molar-refractivity contribution < 1.29 is 9.63 Å². The SMILES string of the molecule is CN1CCN(OC(=O)c2ccccc2)C(N)C1. The monoisotopic (exact) mass is 235 g/mol. The molecule has 1 heterocycles. The molecule has 0 bridgehead atoms. The lowest BCUT2D eigenvalue weighted by Gasteiger charge is -2.35. The molecule has 1 saturated heterocycles. The molecule has 1 aliphatic rings.